The number of nitrogens with zero attached hydrogens (tertiary/aromatic N) is 1. The molecule has 164 valence electrons. The summed E-state index contributed by atoms with van der Waals surface area (Å²) in [6.45, 7) is 1.89. The molecule has 3 aromatic rings. The van der Waals surface area contributed by atoms with Crippen LogP contribution in [0.5, 0.6) is 0 Å². The third kappa shape index (κ3) is 3.91. The summed E-state index contributed by atoms with van der Waals surface area (Å²) < 4.78 is 7.32. The fourth-order valence-electron chi connectivity index (χ4n) is 4.33. The smallest absolute Gasteiger partial charge is 0.336 e. The van der Waals surface area contributed by atoms with Gasteiger partial charge in [-0.2, -0.15) is 0 Å². The molecule has 5 nitrogen and oxygen atoms in total. The van der Waals surface area contributed by atoms with Crippen LogP contribution in [0.1, 0.15) is 42.5 Å². The van der Waals surface area contributed by atoms with E-state index in [0.717, 1.165) is 50.3 Å². The van der Waals surface area contributed by atoms with E-state index in [4.69, 9.17) is 9.72 Å². The number of allylic oxidation sites excluding steroid dienone is 3. The van der Waals surface area contributed by atoms with Gasteiger partial charge < -0.3 is 10.1 Å². The topological polar surface area (TPSA) is 68.3 Å². The first kappa shape index (κ1) is 21.4. The van der Waals surface area contributed by atoms with Crippen LogP contribution in [0, 0.1) is 0 Å². The standard InChI is InChI=1S/C24H22N2O3S3/c1-13-20(23(28)29-2)22(21-16(25-13)7-5-8-17(21)27)19-10-14(11-30-19)12-31-24-26-15-6-3-4-9-18(15)32-24/h3-4,6,9-11,22,25H,5,7-8,12H2,1-2H3. The molecule has 8 heteroatoms. The van der Waals surface area contributed by atoms with E-state index in [9.17, 15) is 9.59 Å². The Morgan fingerprint density at radius 2 is 2.16 bits per heavy atom. The first-order valence-electron chi connectivity index (χ1n) is 10.4. The predicted octanol–water partition coefficient (Wildman–Crippen LogP) is 5.79. The number of Topliss-reactive ketones (excluding diaryl/α,β-unsaturated/α-hetero) is 1. The molecular formula is C24H22N2O3S3. The number of hydrogen-bond acceptors (Lipinski definition) is 8. The van der Waals surface area contributed by atoms with Gasteiger partial charge in [-0.15, -0.1) is 22.7 Å². The van der Waals surface area contributed by atoms with E-state index in [1.807, 2.05) is 25.1 Å². The first-order valence-corrected chi connectivity index (χ1v) is 13.1. The van der Waals surface area contributed by atoms with Crippen molar-refractivity contribution in [3.63, 3.8) is 0 Å². The predicted molar refractivity (Wildman–Crippen MR) is 130 cm³/mol. The summed E-state index contributed by atoms with van der Waals surface area (Å²) >= 11 is 5.02. The maximum absolute atomic E-state index is 12.9. The summed E-state index contributed by atoms with van der Waals surface area (Å²) in [6, 6.07) is 10.3. The molecule has 0 saturated carbocycles. The molecule has 2 aliphatic rings. The third-order valence-corrected chi connectivity index (χ3v) is 9.07. The van der Waals surface area contributed by atoms with Crippen molar-refractivity contribution in [2.75, 3.05) is 7.11 Å². The molecule has 0 amide bonds. The highest BCUT2D eigenvalue weighted by Crippen LogP contribution is 2.45. The molecule has 1 unspecified atom stereocenters. The highest BCUT2D eigenvalue weighted by atomic mass is 32.2. The Balaban J connectivity index is 1.44. The van der Waals surface area contributed by atoms with Crippen LogP contribution in [0.4, 0.5) is 0 Å². The number of carbonyl (C=O) groups is 2. The first-order chi connectivity index (χ1) is 15.5. The lowest BCUT2D eigenvalue weighted by atomic mass is 9.78. The molecule has 0 radical (unpaired) electrons. The average molecular weight is 483 g/mol. The maximum Gasteiger partial charge on any atom is 0.336 e. The van der Waals surface area contributed by atoms with Gasteiger partial charge in [-0.3, -0.25) is 4.79 Å². The van der Waals surface area contributed by atoms with Gasteiger partial charge >= 0.3 is 5.97 Å². The number of thiazole rings is 1. The monoisotopic (exact) mass is 482 g/mol. The zero-order valence-corrected chi connectivity index (χ0v) is 20.2. The Labute approximate surface area is 198 Å². The molecule has 1 N–H and O–H groups in total. The number of thioether (sulfide) groups is 1. The number of benzene rings is 1. The van der Waals surface area contributed by atoms with Gasteiger partial charge in [-0.05, 0) is 48.9 Å². The molecule has 0 bridgehead atoms. The molecular weight excluding hydrogens is 460 g/mol. The maximum atomic E-state index is 12.9. The fourth-order valence-corrected chi connectivity index (χ4v) is 7.46. The van der Waals surface area contributed by atoms with Gasteiger partial charge in [0.15, 0.2) is 10.1 Å². The zero-order chi connectivity index (χ0) is 22.2. The lowest BCUT2D eigenvalue weighted by Gasteiger charge is -2.33. The SMILES string of the molecule is COC(=O)C1=C(C)NC2=C(C(=O)CCC2)C1c1cc(CSc2nc3ccccc3s2)cs1. The summed E-state index contributed by atoms with van der Waals surface area (Å²) in [5.74, 6) is 0.162. The number of dihydropyridines is 1. The number of rotatable bonds is 5. The second-order valence-electron chi connectivity index (χ2n) is 7.85. The summed E-state index contributed by atoms with van der Waals surface area (Å²) in [6.07, 6.45) is 2.19. The van der Waals surface area contributed by atoms with Crippen LogP contribution < -0.4 is 5.32 Å². The Bertz CT molecular complexity index is 1250. The van der Waals surface area contributed by atoms with Crippen molar-refractivity contribution in [1.29, 1.82) is 0 Å². The number of fused-ring (bicyclic) bond motifs is 1. The van der Waals surface area contributed by atoms with Gasteiger partial charge in [0.25, 0.3) is 0 Å². The highest BCUT2D eigenvalue weighted by Gasteiger charge is 2.39. The minimum absolute atomic E-state index is 0.122. The van der Waals surface area contributed by atoms with Crippen LogP contribution in [0.2, 0.25) is 0 Å². The number of methoxy groups -OCH3 is 1. The number of aromatic nitrogens is 1. The van der Waals surface area contributed by atoms with Crippen LogP contribution >= 0.6 is 34.4 Å². The highest BCUT2D eigenvalue weighted by molar-refractivity contribution is 8.00. The lowest BCUT2D eigenvalue weighted by Crippen LogP contribution is -2.33. The van der Waals surface area contributed by atoms with Crippen molar-refractivity contribution in [3.8, 4) is 0 Å². The van der Waals surface area contributed by atoms with Crippen LogP contribution in [-0.4, -0.2) is 23.8 Å². The van der Waals surface area contributed by atoms with E-state index in [0.29, 0.717) is 12.0 Å². The zero-order valence-electron chi connectivity index (χ0n) is 17.8. The molecule has 5 rings (SSSR count). The number of esters is 1. The number of ketones is 1. The summed E-state index contributed by atoms with van der Waals surface area (Å²) in [5.41, 5.74) is 5.19. The third-order valence-electron chi connectivity index (χ3n) is 5.78. The average Bonchev–Trinajstić information content (AvgIpc) is 3.43. The molecule has 1 atom stereocenters. The molecule has 0 spiro atoms. The van der Waals surface area contributed by atoms with Crippen molar-refractivity contribution in [2.45, 2.75) is 42.2 Å². The van der Waals surface area contributed by atoms with Crippen molar-refractivity contribution >= 4 is 56.4 Å². The fraction of sp³-hybridized carbons (Fsp3) is 0.292. The summed E-state index contributed by atoms with van der Waals surface area (Å²) in [7, 11) is 1.39. The van der Waals surface area contributed by atoms with Crippen LogP contribution in [-0.2, 0) is 20.1 Å². The molecule has 1 aliphatic carbocycles. The second kappa shape index (κ2) is 8.84. The van der Waals surface area contributed by atoms with E-state index in [1.165, 1.54) is 17.4 Å². The largest absolute Gasteiger partial charge is 0.466 e. The number of nitrogens with one attached hydrogen (secondary N) is 1. The minimum atomic E-state index is -0.385. The van der Waals surface area contributed by atoms with E-state index in [2.05, 4.69) is 22.8 Å². The molecule has 1 aromatic carbocycles. The van der Waals surface area contributed by atoms with E-state index < -0.39 is 0 Å². The Hall–Kier alpha value is -2.42. The van der Waals surface area contributed by atoms with Gasteiger partial charge in [0.05, 0.1) is 28.8 Å². The normalized spacial score (nSPS) is 18.7. The molecule has 32 heavy (non-hydrogen) atoms. The lowest BCUT2D eigenvalue weighted by molar-refractivity contribution is -0.136. The van der Waals surface area contributed by atoms with E-state index >= 15 is 0 Å². The van der Waals surface area contributed by atoms with Crippen LogP contribution in [0.3, 0.4) is 0 Å². The molecule has 3 heterocycles. The van der Waals surface area contributed by atoms with Crippen molar-refractivity contribution in [1.82, 2.24) is 10.3 Å². The Morgan fingerprint density at radius 1 is 1.31 bits per heavy atom. The number of hydrogen-bond donors (Lipinski definition) is 1. The van der Waals surface area contributed by atoms with E-state index in [-0.39, 0.29) is 17.7 Å². The van der Waals surface area contributed by atoms with Gasteiger partial charge in [-0.25, -0.2) is 9.78 Å². The van der Waals surface area contributed by atoms with Gasteiger partial charge in [0.1, 0.15) is 0 Å². The quantitative estimate of drug-likeness (QED) is 0.367. The van der Waals surface area contributed by atoms with E-state index in [1.54, 1.807) is 34.4 Å². The number of para-hydroxylation sites is 1. The van der Waals surface area contributed by atoms with Gasteiger partial charge in [-0.1, -0.05) is 23.9 Å². The van der Waals surface area contributed by atoms with Crippen molar-refractivity contribution < 1.29 is 14.3 Å². The van der Waals surface area contributed by atoms with Gasteiger partial charge in [0.2, 0.25) is 0 Å². The number of ether oxygens (including phenoxy) is 1. The molecule has 2 aromatic heterocycles. The molecule has 1 aliphatic heterocycles. The number of carbonyl (C=O) groups excluding carboxylic acids is 2. The summed E-state index contributed by atoms with van der Waals surface area (Å²) in [4.78, 5) is 31.3. The van der Waals surface area contributed by atoms with Gasteiger partial charge in [0, 0.05) is 34.0 Å². The summed E-state index contributed by atoms with van der Waals surface area (Å²) in [5, 5.41) is 5.43. The molecule has 0 fully saturated rings. The Morgan fingerprint density at radius 3 is 2.97 bits per heavy atom. The van der Waals surface area contributed by atoms with Crippen LogP contribution in [0.15, 0.2) is 62.6 Å². The van der Waals surface area contributed by atoms with Crippen LogP contribution in [0.25, 0.3) is 10.2 Å². The second-order valence-corrected chi connectivity index (χ2v) is 11.0. The number of thiophene rings is 1. The Kier molecular flexibility index (Phi) is 5.92. The van der Waals surface area contributed by atoms with Crippen molar-refractivity contribution in [3.05, 3.63) is 68.7 Å². The minimum Gasteiger partial charge on any atom is -0.466 e. The molecule has 0 saturated heterocycles. The van der Waals surface area contributed by atoms with Crippen molar-refractivity contribution in [2.24, 2.45) is 0 Å².